The topological polar surface area (TPSA) is 59.0 Å². The molecule has 27 heavy (non-hydrogen) atoms. The van der Waals surface area contributed by atoms with E-state index in [0.29, 0.717) is 26.4 Å². The van der Waals surface area contributed by atoms with Gasteiger partial charge in [-0.15, -0.1) is 11.3 Å². The molecule has 2 rings (SSSR count). The van der Waals surface area contributed by atoms with Crippen molar-refractivity contribution in [3.05, 3.63) is 51.5 Å². The molecule has 0 unspecified atom stereocenters. The van der Waals surface area contributed by atoms with Crippen LogP contribution in [0.5, 0.6) is 0 Å². The molecule has 0 aliphatic carbocycles. The minimum absolute atomic E-state index is 0.596. The average Bonchev–Trinajstić information content (AvgIpc) is 3.07. The summed E-state index contributed by atoms with van der Waals surface area (Å²) in [7, 11) is 3.82. The van der Waals surface area contributed by atoms with E-state index in [1.54, 1.807) is 18.4 Å². The van der Waals surface area contributed by atoms with Gasteiger partial charge in [-0.3, -0.25) is 4.99 Å². The largest absolute Gasteiger partial charge is 0.379 e. The second kappa shape index (κ2) is 11.7. The fraction of sp³-hybridized carbons (Fsp3) is 0.500. The van der Waals surface area contributed by atoms with Crippen LogP contribution in [-0.4, -0.2) is 49.8 Å². The zero-order valence-electron chi connectivity index (χ0n) is 16.7. The minimum atomic E-state index is 0.596. The Morgan fingerprint density at radius 3 is 2.74 bits per heavy atom. The van der Waals surface area contributed by atoms with Crippen LogP contribution >= 0.6 is 11.3 Å². The molecule has 1 aromatic carbocycles. The van der Waals surface area contributed by atoms with Crippen molar-refractivity contribution in [3.63, 3.8) is 0 Å². The SMILES string of the molecule is CCOCCOCc1cccc(CNC(=NC)N(C)Cc2csc(C)n2)c1. The third kappa shape index (κ3) is 7.66. The van der Waals surface area contributed by atoms with Gasteiger partial charge in [-0.25, -0.2) is 4.98 Å². The van der Waals surface area contributed by atoms with Crippen LogP contribution in [0.15, 0.2) is 34.6 Å². The van der Waals surface area contributed by atoms with Crippen molar-refractivity contribution in [3.8, 4) is 0 Å². The van der Waals surface area contributed by atoms with Gasteiger partial charge >= 0.3 is 0 Å². The van der Waals surface area contributed by atoms with Crippen LogP contribution in [0.25, 0.3) is 0 Å². The Balaban J connectivity index is 1.82. The maximum atomic E-state index is 5.65. The highest BCUT2D eigenvalue weighted by molar-refractivity contribution is 7.09. The summed E-state index contributed by atoms with van der Waals surface area (Å²) in [6, 6.07) is 8.40. The first kappa shape index (κ1) is 21.3. The molecule has 0 aliphatic heterocycles. The number of benzene rings is 1. The zero-order chi connectivity index (χ0) is 19.5. The summed E-state index contributed by atoms with van der Waals surface area (Å²) in [6.45, 7) is 8.02. The predicted octanol–water partition coefficient (Wildman–Crippen LogP) is 3.21. The number of nitrogens with one attached hydrogen (secondary N) is 1. The lowest BCUT2D eigenvalue weighted by Crippen LogP contribution is -2.38. The monoisotopic (exact) mass is 390 g/mol. The summed E-state index contributed by atoms with van der Waals surface area (Å²) in [4.78, 5) is 11.0. The van der Waals surface area contributed by atoms with E-state index in [1.165, 1.54) is 5.56 Å². The molecule has 2 aromatic rings. The van der Waals surface area contributed by atoms with Crippen LogP contribution in [0.1, 0.15) is 28.8 Å². The van der Waals surface area contributed by atoms with Crippen LogP contribution in [0.2, 0.25) is 0 Å². The van der Waals surface area contributed by atoms with Gasteiger partial charge in [-0.1, -0.05) is 24.3 Å². The number of aryl methyl sites for hydroxylation is 1. The van der Waals surface area contributed by atoms with Crippen molar-refractivity contribution in [1.82, 2.24) is 15.2 Å². The van der Waals surface area contributed by atoms with Gasteiger partial charge in [0.2, 0.25) is 0 Å². The fourth-order valence-corrected chi connectivity index (χ4v) is 3.25. The van der Waals surface area contributed by atoms with Crippen LogP contribution in [-0.2, 0) is 29.2 Å². The number of thiazole rings is 1. The Hall–Kier alpha value is -1.96. The molecule has 0 atom stereocenters. The van der Waals surface area contributed by atoms with E-state index in [-0.39, 0.29) is 0 Å². The summed E-state index contributed by atoms with van der Waals surface area (Å²) >= 11 is 1.67. The van der Waals surface area contributed by atoms with E-state index < -0.39 is 0 Å². The third-order valence-corrected chi connectivity index (χ3v) is 4.75. The molecule has 148 valence electrons. The second-order valence-corrected chi connectivity index (χ2v) is 7.25. The molecule has 1 aromatic heterocycles. The maximum Gasteiger partial charge on any atom is 0.194 e. The van der Waals surface area contributed by atoms with Crippen molar-refractivity contribution in [2.75, 3.05) is 33.9 Å². The molecule has 0 fully saturated rings. The predicted molar refractivity (Wildman–Crippen MR) is 111 cm³/mol. The second-order valence-electron chi connectivity index (χ2n) is 6.18. The first-order chi connectivity index (χ1) is 13.1. The molecular formula is C20H30N4O2S. The first-order valence-corrected chi connectivity index (χ1v) is 10.1. The van der Waals surface area contributed by atoms with E-state index in [9.17, 15) is 0 Å². The molecule has 0 spiro atoms. The smallest absolute Gasteiger partial charge is 0.194 e. The van der Waals surface area contributed by atoms with Crippen molar-refractivity contribution < 1.29 is 9.47 Å². The summed E-state index contributed by atoms with van der Waals surface area (Å²) in [5, 5.41) is 6.59. The molecule has 0 bridgehead atoms. The lowest BCUT2D eigenvalue weighted by molar-refractivity contribution is 0.0453. The minimum Gasteiger partial charge on any atom is -0.379 e. The van der Waals surface area contributed by atoms with Crippen LogP contribution < -0.4 is 5.32 Å². The Bertz CT molecular complexity index is 718. The number of aliphatic imine (C=N–C) groups is 1. The number of nitrogens with zero attached hydrogens (tertiary/aromatic N) is 3. The molecule has 0 saturated heterocycles. The molecule has 1 N–H and O–H groups in total. The van der Waals surface area contributed by atoms with E-state index in [2.05, 4.69) is 49.8 Å². The van der Waals surface area contributed by atoms with Crippen molar-refractivity contribution >= 4 is 17.3 Å². The molecule has 0 radical (unpaired) electrons. The number of hydrogen-bond donors (Lipinski definition) is 1. The van der Waals surface area contributed by atoms with Gasteiger partial charge in [0.25, 0.3) is 0 Å². The van der Waals surface area contributed by atoms with E-state index in [1.807, 2.05) is 20.9 Å². The highest BCUT2D eigenvalue weighted by Gasteiger charge is 2.08. The lowest BCUT2D eigenvalue weighted by atomic mass is 10.1. The van der Waals surface area contributed by atoms with E-state index >= 15 is 0 Å². The lowest BCUT2D eigenvalue weighted by Gasteiger charge is -2.21. The van der Waals surface area contributed by atoms with Gasteiger partial charge in [-0.05, 0) is 25.0 Å². The Kier molecular flexibility index (Phi) is 9.24. The standard InChI is InChI=1S/C20H30N4O2S/c1-5-25-9-10-26-14-18-8-6-7-17(11-18)12-22-20(21-3)24(4)13-19-15-27-16(2)23-19/h6-8,11,15H,5,9-10,12-14H2,1-4H3,(H,21,22). The van der Waals surface area contributed by atoms with Crippen LogP contribution in [0.4, 0.5) is 0 Å². The fourth-order valence-electron chi connectivity index (χ4n) is 2.65. The molecular weight excluding hydrogens is 360 g/mol. The Labute approximate surface area is 166 Å². The average molecular weight is 391 g/mol. The van der Waals surface area contributed by atoms with Crippen molar-refractivity contribution in [2.24, 2.45) is 4.99 Å². The summed E-state index contributed by atoms with van der Waals surface area (Å²) in [5.74, 6) is 0.846. The highest BCUT2D eigenvalue weighted by Crippen LogP contribution is 2.10. The van der Waals surface area contributed by atoms with Crippen molar-refractivity contribution in [1.29, 1.82) is 0 Å². The number of hydrogen-bond acceptors (Lipinski definition) is 5. The number of aromatic nitrogens is 1. The first-order valence-electron chi connectivity index (χ1n) is 9.18. The van der Waals surface area contributed by atoms with Crippen LogP contribution in [0.3, 0.4) is 0 Å². The van der Waals surface area contributed by atoms with Gasteiger partial charge < -0.3 is 19.7 Å². The summed E-state index contributed by atoms with van der Waals surface area (Å²) < 4.78 is 10.9. The molecule has 0 amide bonds. The quantitative estimate of drug-likeness (QED) is 0.383. The number of ether oxygens (including phenoxy) is 2. The Morgan fingerprint density at radius 2 is 2.04 bits per heavy atom. The summed E-state index contributed by atoms with van der Waals surface area (Å²) in [6.07, 6.45) is 0. The Morgan fingerprint density at radius 1 is 1.26 bits per heavy atom. The van der Waals surface area contributed by atoms with Gasteiger partial charge in [0.15, 0.2) is 5.96 Å². The van der Waals surface area contributed by atoms with Gasteiger partial charge in [0.1, 0.15) is 0 Å². The van der Waals surface area contributed by atoms with E-state index in [0.717, 1.165) is 35.4 Å². The number of guanidine groups is 1. The maximum absolute atomic E-state index is 5.65. The zero-order valence-corrected chi connectivity index (χ0v) is 17.5. The molecule has 1 heterocycles. The van der Waals surface area contributed by atoms with Gasteiger partial charge in [0, 0.05) is 32.6 Å². The third-order valence-electron chi connectivity index (χ3n) is 3.93. The summed E-state index contributed by atoms with van der Waals surface area (Å²) in [5.41, 5.74) is 3.42. The van der Waals surface area contributed by atoms with Gasteiger partial charge in [0.05, 0.1) is 37.1 Å². The van der Waals surface area contributed by atoms with Crippen molar-refractivity contribution in [2.45, 2.75) is 33.5 Å². The van der Waals surface area contributed by atoms with Crippen LogP contribution in [0, 0.1) is 6.92 Å². The van der Waals surface area contributed by atoms with Gasteiger partial charge in [-0.2, -0.15) is 0 Å². The molecule has 6 nitrogen and oxygen atoms in total. The van der Waals surface area contributed by atoms with E-state index in [4.69, 9.17) is 9.47 Å². The number of rotatable bonds is 10. The normalized spacial score (nSPS) is 11.6. The highest BCUT2D eigenvalue weighted by atomic mass is 32.1. The molecule has 0 saturated carbocycles. The molecule has 7 heteroatoms. The molecule has 0 aliphatic rings.